The molecule has 0 saturated carbocycles. The van der Waals surface area contributed by atoms with Crippen molar-refractivity contribution in [2.45, 2.75) is 49.6 Å². The molecule has 0 heterocycles. The van der Waals surface area contributed by atoms with Gasteiger partial charge in [0.2, 0.25) is 20.0 Å². The molecule has 0 aliphatic rings. The molecule has 5 aromatic rings. The Hall–Kier alpha value is -6.28. The SMILES string of the molecule is CC(C)[C@H](C(=O)NO)N(CCNC(=O)c1cccc(C(=O)NCCN([C@@H](C(=O)NO)C(C)C)S(=O)(=O)c2ccc(-c3ccccc3)cc2)c1)S(=O)(=O)c1ccc(-c2ccccc2)cc1. The van der Waals surface area contributed by atoms with Gasteiger partial charge in [-0.05, 0) is 76.6 Å². The number of carbonyl (C=O) groups excluding carboxylic acids is 4. The van der Waals surface area contributed by atoms with Gasteiger partial charge >= 0.3 is 0 Å². The van der Waals surface area contributed by atoms with E-state index in [1.807, 2.05) is 60.7 Å². The first-order valence-corrected chi connectivity index (χ1v) is 23.3. The minimum Gasteiger partial charge on any atom is -0.351 e. The first-order chi connectivity index (χ1) is 30.5. The van der Waals surface area contributed by atoms with Gasteiger partial charge in [-0.1, -0.05) is 119 Å². The predicted molar refractivity (Wildman–Crippen MR) is 240 cm³/mol. The lowest BCUT2D eigenvalue weighted by molar-refractivity contribution is -0.135. The van der Waals surface area contributed by atoms with E-state index in [1.54, 1.807) is 62.9 Å². The number of sulfonamides is 2. The van der Waals surface area contributed by atoms with Crippen LogP contribution < -0.4 is 21.6 Å². The van der Waals surface area contributed by atoms with E-state index in [0.717, 1.165) is 30.9 Å². The first kappa shape index (κ1) is 48.7. The summed E-state index contributed by atoms with van der Waals surface area (Å²) >= 11 is 0. The van der Waals surface area contributed by atoms with Gasteiger partial charge in [0.15, 0.2) is 0 Å². The summed E-state index contributed by atoms with van der Waals surface area (Å²) in [6, 6.07) is 33.8. The zero-order valence-electron chi connectivity index (χ0n) is 35.7. The molecular formula is C46H52N6O10S2. The van der Waals surface area contributed by atoms with Crippen LogP contribution in [0.4, 0.5) is 0 Å². The van der Waals surface area contributed by atoms with Crippen molar-refractivity contribution in [2.24, 2.45) is 11.8 Å². The molecule has 6 N–H and O–H groups in total. The number of hydrogen-bond acceptors (Lipinski definition) is 10. The van der Waals surface area contributed by atoms with Crippen LogP contribution in [0.15, 0.2) is 143 Å². The van der Waals surface area contributed by atoms with E-state index in [0.29, 0.717) is 0 Å². The van der Waals surface area contributed by atoms with Crippen LogP contribution in [0.3, 0.4) is 0 Å². The zero-order chi connectivity index (χ0) is 46.6. The Balaban J connectivity index is 1.28. The highest BCUT2D eigenvalue weighted by Crippen LogP contribution is 2.28. The minimum absolute atomic E-state index is 0.0368. The second-order valence-corrected chi connectivity index (χ2v) is 19.2. The summed E-state index contributed by atoms with van der Waals surface area (Å²) in [7, 11) is -8.74. The summed E-state index contributed by atoms with van der Waals surface area (Å²) < 4.78 is 58.2. The van der Waals surface area contributed by atoms with Crippen LogP contribution in [0, 0.1) is 11.8 Å². The third-order valence-electron chi connectivity index (χ3n) is 10.4. The van der Waals surface area contributed by atoms with E-state index in [1.165, 1.54) is 48.5 Å². The molecule has 0 bridgehead atoms. The van der Waals surface area contributed by atoms with E-state index < -0.39 is 67.6 Å². The maximum atomic E-state index is 14.1. The topological polar surface area (TPSA) is 232 Å². The molecule has 5 rings (SSSR count). The summed E-state index contributed by atoms with van der Waals surface area (Å²) in [5.41, 5.74) is 6.46. The molecule has 0 fully saturated rings. The largest absolute Gasteiger partial charge is 0.351 e. The monoisotopic (exact) mass is 912 g/mol. The fraction of sp³-hybridized carbons (Fsp3) is 0.261. The highest BCUT2D eigenvalue weighted by molar-refractivity contribution is 7.89. The lowest BCUT2D eigenvalue weighted by Gasteiger charge is -2.32. The first-order valence-electron chi connectivity index (χ1n) is 20.4. The van der Waals surface area contributed by atoms with Crippen molar-refractivity contribution in [1.82, 2.24) is 30.2 Å². The third kappa shape index (κ3) is 11.6. The van der Waals surface area contributed by atoms with Crippen LogP contribution in [0.25, 0.3) is 22.3 Å². The van der Waals surface area contributed by atoms with Crippen molar-refractivity contribution in [3.63, 3.8) is 0 Å². The molecule has 0 aromatic heterocycles. The number of hydroxylamine groups is 2. The summed E-state index contributed by atoms with van der Waals surface area (Å²) in [4.78, 5) is 52.3. The molecular weight excluding hydrogens is 861 g/mol. The molecule has 2 atom stereocenters. The highest BCUT2D eigenvalue weighted by Gasteiger charge is 2.39. The molecule has 18 heteroatoms. The van der Waals surface area contributed by atoms with Crippen LogP contribution in [0.1, 0.15) is 48.4 Å². The van der Waals surface area contributed by atoms with Gasteiger partial charge < -0.3 is 10.6 Å². The Kier molecular flexibility index (Phi) is 16.7. The predicted octanol–water partition coefficient (Wildman–Crippen LogP) is 4.92. The maximum absolute atomic E-state index is 14.1. The van der Waals surface area contributed by atoms with Gasteiger partial charge in [0.05, 0.1) is 9.79 Å². The second kappa shape index (κ2) is 21.9. The molecule has 64 heavy (non-hydrogen) atoms. The van der Waals surface area contributed by atoms with E-state index in [2.05, 4.69) is 10.6 Å². The van der Waals surface area contributed by atoms with Crippen molar-refractivity contribution >= 4 is 43.7 Å². The summed E-state index contributed by atoms with van der Waals surface area (Å²) in [6.45, 7) is 5.20. The van der Waals surface area contributed by atoms with E-state index in [4.69, 9.17) is 0 Å². The fourth-order valence-electron chi connectivity index (χ4n) is 7.22. The van der Waals surface area contributed by atoms with Crippen LogP contribution in [-0.2, 0) is 29.6 Å². The maximum Gasteiger partial charge on any atom is 0.262 e. The summed E-state index contributed by atoms with van der Waals surface area (Å²) in [6.07, 6.45) is 0. The van der Waals surface area contributed by atoms with Crippen LogP contribution in [0.5, 0.6) is 0 Å². The number of nitrogens with zero attached hydrogens (tertiary/aromatic N) is 2. The Labute approximate surface area is 373 Å². The van der Waals surface area contributed by atoms with E-state index in [-0.39, 0.29) is 47.1 Å². The van der Waals surface area contributed by atoms with Gasteiger partial charge in [-0.25, -0.2) is 27.8 Å². The number of hydrogen-bond donors (Lipinski definition) is 6. The van der Waals surface area contributed by atoms with Crippen LogP contribution in [-0.4, -0.2) is 97.8 Å². The molecule has 4 amide bonds. The van der Waals surface area contributed by atoms with Crippen molar-refractivity contribution in [3.8, 4) is 22.3 Å². The molecule has 5 aromatic carbocycles. The van der Waals surface area contributed by atoms with E-state index >= 15 is 0 Å². The average Bonchev–Trinajstić information content (AvgIpc) is 3.30. The van der Waals surface area contributed by atoms with Crippen LogP contribution in [0.2, 0.25) is 0 Å². The van der Waals surface area contributed by atoms with Crippen molar-refractivity contribution < 1.29 is 46.4 Å². The summed E-state index contributed by atoms with van der Waals surface area (Å²) in [5.74, 6) is -4.45. The Morgan fingerprint density at radius 2 is 0.812 bits per heavy atom. The second-order valence-electron chi connectivity index (χ2n) is 15.4. The fourth-order valence-corrected chi connectivity index (χ4v) is 10.7. The third-order valence-corrected chi connectivity index (χ3v) is 14.2. The molecule has 338 valence electrons. The zero-order valence-corrected chi connectivity index (χ0v) is 37.3. The Morgan fingerprint density at radius 1 is 0.484 bits per heavy atom. The molecule has 0 radical (unpaired) electrons. The van der Waals surface area contributed by atoms with Gasteiger partial charge in [0.1, 0.15) is 12.1 Å². The number of carbonyl (C=O) groups is 4. The molecule has 0 unspecified atom stereocenters. The number of rotatable bonds is 20. The molecule has 0 aliphatic carbocycles. The van der Waals surface area contributed by atoms with Gasteiger partial charge in [0.25, 0.3) is 23.6 Å². The van der Waals surface area contributed by atoms with Crippen LogP contribution >= 0.6 is 0 Å². The van der Waals surface area contributed by atoms with Crippen molar-refractivity contribution in [3.05, 3.63) is 145 Å². The summed E-state index contributed by atoms with van der Waals surface area (Å²) in [5, 5.41) is 24.4. The number of nitrogens with one attached hydrogen (secondary N) is 4. The molecule has 16 nitrogen and oxygen atoms in total. The minimum atomic E-state index is -4.37. The lowest BCUT2D eigenvalue weighted by Crippen LogP contribution is -2.53. The Morgan fingerprint density at radius 3 is 1.12 bits per heavy atom. The van der Waals surface area contributed by atoms with Crippen molar-refractivity contribution in [1.29, 1.82) is 0 Å². The Bertz CT molecular complexity index is 2440. The average molecular weight is 913 g/mol. The molecule has 0 aliphatic heterocycles. The van der Waals surface area contributed by atoms with Gasteiger partial charge in [-0.3, -0.25) is 29.6 Å². The van der Waals surface area contributed by atoms with Crippen molar-refractivity contribution in [2.75, 3.05) is 26.2 Å². The molecule has 0 spiro atoms. The quantitative estimate of drug-likeness (QED) is 0.0456. The highest BCUT2D eigenvalue weighted by atomic mass is 32.2. The lowest BCUT2D eigenvalue weighted by atomic mass is 10.0. The standard InChI is InChI=1S/C46H52N6O10S2/c1-31(2)41(45(55)49-57)51(63(59,60)39-22-18-35(19-23-39)33-12-7-5-8-13-33)28-26-47-43(53)37-16-11-17-38(30-37)44(54)48-27-29-52(42(32(3)4)46(56)50-58)64(61,62)40-24-20-36(21-25-40)34-14-9-6-10-15-34/h5-25,30-32,41-42,57-58H,26-29H2,1-4H3,(H,47,53)(H,48,54)(H,49,55)(H,50,56)/t41-,42-/m1/s1. The normalized spacial score (nSPS) is 12.8. The number of amides is 4. The number of benzene rings is 5. The van der Waals surface area contributed by atoms with Gasteiger partial charge in [0, 0.05) is 37.3 Å². The smallest absolute Gasteiger partial charge is 0.262 e. The van der Waals surface area contributed by atoms with Gasteiger partial charge in [-0.15, -0.1) is 0 Å². The van der Waals surface area contributed by atoms with Gasteiger partial charge in [-0.2, -0.15) is 8.61 Å². The van der Waals surface area contributed by atoms with E-state index in [9.17, 15) is 46.4 Å². The molecule has 0 saturated heterocycles.